The highest BCUT2D eigenvalue weighted by Gasteiger charge is 2.58. The summed E-state index contributed by atoms with van der Waals surface area (Å²) in [5, 5.41) is 20.8. The number of carbonyl (C=O) groups excluding carboxylic acids is 1. The number of aliphatic hydroxyl groups excluding tert-OH is 1. The Bertz CT molecular complexity index is 506. The first-order valence-electron chi connectivity index (χ1n) is 6.80. The fraction of sp³-hybridized carbons (Fsp3) is 0.667. The highest BCUT2D eigenvalue weighted by atomic mass is 16.7. The van der Waals surface area contributed by atoms with Crippen LogP contribution in [0.2, 0.25) is 0 Å². The predicted octanol–water partition coefficient (Wildman–Crippen LogP) is 1.68. The average molecular weight is 264 g/mol. The number of hydrogen-bond donors (Lipinski definition) is 2. The standard InChI is InChI=1S/C15H20O4/c1-8-4-5-12(16)11-7-15(18)10(6-14(8,11)3)9(2)13(17)19-15/h11-12,16,18H,1,4-7H2,2-3H3/t11-,12-,14+,15+/m0/s1. The molecule has 0 aromatic rings. The minimum Gasteiger partial charge on any atom is -0.426 e. The molecule has 0 aromatic heterocycles. The maximum atomic E-state index is 11.7. The topological polar surface area (TPSA) is 66.8 Å². The zero-order valence-corrected chi connectivity index (χ0v) is 11.4. The van der Waals surface area contributed by atoms with E-state index >= 15 is 0 Å². The predicted molar refractivity (Wildman–Crippen MR) is 69.0 cm³/mol. The van der Waals surface area contributed by atoms with E-state index in [1.54, 1.807) is 6.92 Å². The molecule has 0 spiro atoms. The summed E-state index contributed by atoms with van der Waals surface area (Å²) in [5.74, 6) is -2.06. The van der Waals surface area contributed by atoms with Crippen molar-refractivity contribution >= 4 is 5.97 Å². The molecule has 4 atom stereocenters. The molecule has 0 saturated heterocycles. The van der Waals surface area contributed by atoms with E-state index in [4.69, 9.17) is 4.74 Å². The van der Waals surface area contributed by atoms with Crippen molar-refractivity contribution in [2.45, 2.75) is 51.4 Å². The summed E-state index contributed by atoms with van der Waals surface area (Å²) >= 11 is 0. The Labute approximate surface area is 112 Å². The van der Waals surface area contributed by atoms with Crippen molar-refractivity contribution in [1.29, 1.82) is 0 Å². The van der Waals surface area contributed by atoms with Gasteiger partial charge in [-0.3, -0.25) is 0 Å². The number of esters is 1. The quantitative estimate of drug-likeness (QED) is 0.516. The fourth-order valence-electron chi connectivity index (χ4n) is 3.92. The number of allylic oxidation sites excluding steroid dienone is 1. The van der Waals surface area contributed by atoms with Crippen LogP contribution < -0.4 is 0 Å². The molecule has 0 unspecified atom stereocenters. The first kappa shape index (κ1) is 12.9. The molecule has 0 aromatic carbocycles. The molecule has 104 valence electrons. The molecule has 3 rings (SSSR count). The Kier molecular flexibility index (Phi) is 2.51. The van der Waals surface area contributed by atoms with Gasteiger partial charge in [0.2, 0.25) is 5.79 Å². The Morgan fingerprint density at radius 2 is 2.16 bits per heavy atom. The molecule has 3 aliphatic rings. The Morgan fingerprint density at radius 1 is 1.47 bits per heavy atom. The summed E-state index contributed by atoms with van der Waals surface area (Å²) < 4.78 is 5.14. The lowest BCUT2D eigenvalue weighted by atomic mass is 9.55. The second-order valence-corrected chi connectivity index (χ2v) is 6.39. The molecular weight excluding hydrogens is 244 g/mol. The zero-order valence-electron chi connectivity index (χ0n) is 11.4. The fourth-order valence-corrected chi connectivity index (χ4v) is 3.92. The molecule has 2 fully saturated rings. The Balaban J connectivity index is 2.07. The Morgan fingerprint density at radius 3 is 2.84 bits per heavy atom. The van der Waals surface area contributed by atoms with Crippen LogP contribution in [0.5, 0.6) is 0 Å². The van der Waals surface area contributed by atoms with E-state index in [0.29, 0.717) is 24.0 Å². The third kappa shape index (κ3) is 1.56. The van der Waals surface area contributed by atoms with Crippen molar-refractivity contribution in [2.24, 2.45) is 11.3 Å². The molecule has 0 amide bonds. The summed E-state index contributed by atoms with van der Waals surface area (Å²) in [5.41, 5.74) is 2.03. The molecule has 2 aliphatic carbocycles. The summed E-state index contributed by atoms with van der Waals surface area (Å²) in [6.45, 7) is 7.91. The summed E-state index contributed by atoms with van der Waals surface area (Å²) in [6.07, 6.45) is 1.80. The average Bonchev–Trinajstić information content (AvgIpc) is 2.55. The van der Waals surface area contributed by atoms with Gasteiger partial charge in [-0.05, 0) is 31.6 Å². The summed E-state index contributed by atoms with van der Waals surface area (Å²) in [6, 6.07) is 0. The van der Waals surface area contributed by atoms with Gasteiger partial charge in [0, 0.05) is 23.5 Å². The molecule has 1 heterocycles. The molecule has 4 heteroatoms. The monoisotopic (exact) mass is 264 g/mol. The minimum atomic E-state index is -1.51. The van der Waals surface area contributed by atoms with Crippen LogP contribution in [0.15, 0.2) is 23.3 Å². The molecule has 4 nitrogen and oxygen atoms in total. The van der Waals surface area contributed by atoms with Crippen molar-refractivity contribution < 1.29 is 19.7 Å². The smallest absolute Gasteiger partial charge is 0.336 e. The van der Waals surface area contributed by atoms with Gasteiger partial charge in [-0.1, -0.05) is 19.1 Å². The molecule has 2 saturated carbocycles. The minimum absolute atomic E-state index is 0.110. The van der Waals surface area contributed by atoms with E-state index in [0.717, 1.165) is 12.0 Å². The van der Waals surface area contributed by atoms with Gasteiger partial charge in [0.25, 0.3) is 0 Å². The van der Waals surface area contributed by atoms with Crippen LogP contribution in [0.4, 0.5) is 0 Å². The number of ether oxygens (including phenoxy) is 1. The van der Waals surface area contributed by atoms with Crippen LogP contribution in [-0.2, 0) is 9.53 Å². The van der Waals surface area contributed by atoms with Crippen LogP contribution in [0.3, 0.4) is 0 Å². The summed E-state index contributed by atoms with van der Waals surface area (Å²) in [7, 11) is 0. The van der Waals surface area contributed by atoms with E-state index in [9.17, 15) is 15.0 Å². The van der Waals surface area contributed by atoms with Crippen molar-refractivity contribution in [3.63, 3.8) is 0 Å². The lowest BCUT2D eigenvalue weighted by Crippen LogP contribution is -2.52. The Hall–Kier alpha value is -1.13. The number of hydrogen-bond acceptors (Lipinski definition) is 4. The van der Waals surface area contributed by atoms with Crippen LogP contribution in [0.1, 0.15) is 39.5 Å². The van der Waals surface area contributed by atoms with E-state index in [1.165, 1.54) is 0 Å². The van der Waals surface area contributed by atoms with Gasteiger partial charge >= 0.3 is 5.97 Å². The number of rotatable bonds is 0. The second-order valence-electron chi connectivity index (χ2n) is 6.39. The molecule has 0 radical (unpaired) electrons. The number of fused-ring (bicyclic) bond motifs is 2. The van der Waals surface area contributed by atoms with E-state index < -0.39 is 17.9 Å². The molecule has 1 aliphatic heterocycles. The molecule has 0 bridgehead atoms. The first-order valence-corrected chi connectivity index (χ1v) is 6.80. The third-order valence-corrected chi connectivity index (χ3v) is 5.36. The third-order valence-electron chi connectivity index (χ3n) is 5.36. The molecule has 2 N–H and O–H groups in total. The van der Waals surface area contributed by atoms with Gasteiger partial charge in [0.15, 0.2) is 0 Å². The molecule has 19 heavy (non-hydrogen) atoms. The highest BCUT2D eigenvalue weighted by molar-refractivity contribution is 5.92. The van der Waals surface area contributed by atoms with Crippen molar-refractivity contribution in [3.05, 3.63) is 23.3 Å². The second kappa shape index (κ2) is 3.70. The van der Waals surface area contributed by atoms with Crippen LogP contribution in [-0.4, -0.2) is 28.1 Å². The van der Waals surface area contributed by atoms with E-state index in [2.05, 4.69) is 13.5 Å². The maximum absolute atomic E-state index is 11.7. The van der Waals surface area contributed by atoms with Crippen molar-refractivity contribution in [3.8, 4) is 0 Å². The lowest BCUT2D eigenvalue weighted by Gasteiger charge is -2.52. The zero-order chi connectivity index (χ0) is 14.0. The van der Waals surface area contributed by atoms with Crippen LogP contribution in [0.25, 0.3) is 0 Å². The molecular formula is C15H20O4. The highest BCUT2D eigenvalue weighted by Crippen LogP contribution is 2.58. The van der Waals surface area contributed by atoms with Gasteiger partial charge in [-0.25, -0.2) is 4.79 Å². The largest absolute Gasteiger partial charge is 0.426 e. The lowest BCUT2D eigenvalue weighted by molar-refractivity contribution is -0.205. The van der Waals surface area contributed by atoms with Crippen LogP contribution in [0, 0.1) is 11.3 Å². The van der Waals surface area contributed by atoms with Gasteiger partial charge in [0.05, 0.1) is 6.10 Å². The van der Waals surface area contributed by atoms with Crippen molar-refractivity contribution in [2.75, 3.05) is 0 Å². The van der Waals surface area contributed by atoms with Gasteiger partial charge in [0.1, 0.15) is 0 Å². The first-order chi connectivity index (χ1) is 8.78. The normalized spacial score (nSPS) is 45.9. The van der Waals surface area contributed by atoms with E-state index in [-0.39, 0.29) is 17.8 Å². The van der Waals surface area contributed by atoms with Gasteiger partial charge < -0.3 is 14.9 Å². The summed E-state index contributed by atoms with van der Waals surface area (Å²) in [4.78, 5) is 11.7. The van der Waals surface area contributed by atoms with Crippen LogP contribution >= 0.6 is 0 Å². The van der Waals surface area contributed by atoms with Gasteiger partial charge in [-0.2, -0.15) is 0 Å². The van der Waals surface area contributed by atoms with Gasteiger partial charge in [-0.15, -0.1) is 0 Å². The van der Waals surface area contributed by atoms with Crippen molar-refractivity contribution in [1.82, 2.24) is 0 Å². The SMILES string of the molecule is C=C1CC[C@H](O)[C@@H]2C[C@@]3(O)OC(=O)C(C)=C3C[C@]12C. The van der Waals surface area contributed by atoms with E-state index in [1.807, 2.05) is 0 Å². The number of aliphatic hydroxyl groups is 2. The number of carbonyl (C=O) groups is 1. The maximum Gasteiger partial charge on any atom is 0.336 e.